The van der Waals surface area contributed by atoms with Gasteiger partial charge in [0.25, 0.3) is 5.91 Å². The van der Waals surface area contributed by atoms with Crippen molar-refractivity contribution in [1.82, 2.24) is 0 Å². The summed E-state index contributed by atoms with van der Waals surface area (Å²) in [6.45, 7) is 0. The number of Topliss-reactive ketones (excluding diaryl/α,β-unsaturated/α-hetero) is 1. The molecule has 1 aliphatic carbocycles. The average Bonchev–Trinajstić information content (AvgIpc) is 3.22. The van der Waals surface area contributed by atoms with Gasteiger partial charge in [0, 0.05) is 28.3 Å². The van der Waals surface area contributed by atoms with Crippen LogP contribution in [-0.4, -0.2) is 40.1 Å². The molecule has 0 spiro atoms. The van der Waals surface area contributed by atoms with Crippen molar-refractivity contribution in [1.29, 1.82) is 0 Å². The van der Waals surface area contributed by atoms with Crippen molar-refractivity contribution in [2.45, 2.75) is 24.8 Å². The Morgan fingerprint density at radius 3 is 2.13 bits per heavy atom. The first kappa shape index (κ1) is 30.1. The first-order chi connectivity index (χ1) is 21.9. The lowest BCUT2D eigenvalue weighted by Gasteiger charge is -2.35. The van der Waals surface area contributed by atoms with Gasteiger partial charge in [0.15, 0.2) is 17.3 Å². The van der Waals surface area contributed by atoms with Gasteiger partial charge in [-0.3, -0.25) is 14.5 Å². The summed E-state index contributed by atoms with van der Waals surface area (Å²) in [7, 11) is 6.14. The SMILES string of the molecule is COc1ccc([C@@H]2CC(=O)C3=C(C2)Nc2ccccc2N(C(=O)c2cc(OC)c(OC)c(OC)c2)[C@H]3c2ccccc2Cl)cc1. The molecule has 4 aromatic rings. The Labute approximate surface area is 267 Å². The number of hydrogen-bond donors (Lipinski definition) is 1. The molecule has 2 atom stereocenters. The first-order valence-corrected chi connectivity index (χ1v) is 14.9. The molecule has 0 fully saturated rings. The van der Waals surface area contributed by atoms with Crippen LogP contribution in [0, 0.1) is 0 Å². The van der Waals surface area contributed by atoms with E-state index in [9.17, 15) is 9.59 Å². The summed E-state index contributed by atoms with van der Waals surface area (Å²) in [6, 6.07) is 25.1. The van der Waals surface area contributed by atoms with E-state index in [0.29, 0.717) is 56.8 Å². The zero-order valence-corrected chi connectivity index (χ0v) is 26.2. The Hall–Kier alpha value is -4.95. The van der Waals surface area contributed by atoms with E-state index < -0.39 is 6.04 Å². The van der Waals surface area contributed by atoms with Crippen LogP contribution in [0.4, 0.5) is 11.4 Å². The van der Waals surface area contributed by atoms with E-state index in [2.05, 4.69) is 5.32 Å². The predicted molar refractivity (Wildman–Crippen MR) is 174 cm³/mol. The molecule has 230 valence electrons. The third-order valence-corrected chi connectivity index (χ3v) is 8.75. The minimum absolute atomic E-state index is 0.0638. The van der Waals surface area contributed by atoms with E-state index >= 15 is 0 Å². The Kier molecular flexibility index (Phi) is 8.41. The second-order valence-electron chi connectivity index (χ2n) is 10.8. The maximum Gasteiger partial charge on any atom is 0.259 e. The normalized spacial score (nSPS) is 17.4. The van der Waals surface area contributed by atoms with Gasteiger partial charge in [0.05, 0.1) is 45.9 Å². The third-order valence-electron chi connectivity index (χ3n) is 8.41. The number of amides is 1. The van der Waals surface area contributed by atoms with Gasteiger partial charge in [-0.1, -0.05) is 54.1 Å². The number of allylic oxidation sites excluding steroid dienone is 1. The zero-order chi connectivity index (χ0) is 31.7. The molecular formula is C36H33ClN2O6. The molecule has 1 amide bonds. The van der Waals surface area contributed by atoms with Crippen LogP contribution in [0.2, 0.25) is 5.02 Å². The highest BCUT2D eigenvalue weighted by molar-refractivity contribution is 6.31. The number of ketones is 1. The summed E-state index contributed by atoms with van der Waals surface area (Å²) in [5, 5.41) is 4.01. The number of ether oxygens (including phenoxy) is 4. The lowest BCUT2D eigenvalue weighted by molar-refractivity contribution is -0.116. The summed E-state index contributed by atoms with van der Waals surface area (Å²) >= 11 is 6.86. The molecule has 0 radical (unpaired) electrons. The third kappa shape index (κ3) is 5.46. The van der Waals surface area contributed by atoms with Crippen molar-refractivity contribution in [3.63, 3.8) is 0 Å². The van der Waals surface area contributed by atoms with Crippen molar-refractivity contribution in [2.75, 3.05) is 38.7 Å². The van der Waals surface area contributed by atoms with Crippen molar-refractivity contribution in [2.24, 2.45) is 0 Å². The number of hydrogen-bond acceptors (Lipinski definition) is 7. The maximum absolute atomic E-state index is 14.8. The molecule has 1 N–H and O–H groups in total. The number of methoxy groups -OCH3 is 4. The first-order valence-electron chi connectivity index (χ1n) is 14.5. The van der Waals surface area contributed by atoms with Gasteiger partial charge >= 0.3 is 0 Å². The van der Waals surface area contributed by atoms with Crippen LogP contribution in [0.25, 0.3) is 0 Å². The summed E-state index contributed by atoms with van der Waals surface area (Å²) in [4.78, 5) is 30.8. The quantitative estimate of drug-likeness (QED) is 0.227. The molecule has 1 aliphatic heterocycles. The molecule has 0 aromatic heterocycles. The number of fused-ring (bicyclic) bond motifs is 1. The average molecular weight is 625 g/mol. The highest BCUT2D eigenvalue weighted by Gasteiger charge is 2.43. The van der Waals surface area contributed by atoms with Gasteiger partial charge in [-0.15, -0.1) is 0 Å². The number of rotatable bonds is 7. The van der Waals surface area contributed by atoms with Gasteiger partial charge in [0.1, 0.15) is 5.75 Å². The smallest absolute Gasteiger partial charge is 0.259 e. The van der Waals surface area contributed by atoms with Gasteiger partial charge in [-0.05, 0) is 65.9 Å². The molecule has 6 rings (SSSR count). The molecule has 9 heteroatoms. The standard InChI is InChI=1S/C36H33ClN2O6/c1-42-24-15-13-21(14-16-24)22-17-28-33(30(40)18-22)34(25-9-5-6-10-26(25)37)39(29-12-8-7-11-27(29)38-28)36(41)23-19-31(43-2)35(45-4)32(20-23)44-3/h5-16,19-20,22,34,38H,17-18H2,1-4H3/t22-,34-/m0/s1. The number of halogens is 1. The monoisotopic (exact) mass is 624 g/mol. The van der Waals surface area contributed by atoms with E-state index in [1.165, 1.54) is 21.3 Å². The Morgan fingerprint density at radius 2 is 1.49 bits per heavy atom. The molecule has 1 heterocycles. The summed E-state index contributed by atoms with van der Waals surface area (Å²) in [6.07, 6.45) is 0.839. The van der Waals surface area contributed by atoms with Crippen LogP contribution in [0.3, 0.4) is 0 Å². The fourth-order valence-electron chi connectivity index (χ4n) is 6.26. The highest BCUT2D eigenvalue weighted by Crippen LogP contribution is 2.49. The molecule has 0 saturated carbocycles. The van der Waals surface area contributed by atoms with Crippen LogP contribution in [0.15, 0.2) is 96.2 Å². The number of nitrogens with zero attached hydrogens (tertiary/aromatic N) is 1. The molecule has 45 heavy (non-hydrogen) atoms. The van der Waals surface area contributed by atoms with Crippen molar-refractivity contribution in [3.05, 3.63) is 118 Å². The summed E-state index contributed by atoms with van der Waals surface area (Å²) in [5.74, 6) is 1.30. The number of anilines is 2. The molecule has 2 aliphatic rings. The fraction of sp³-hybridized carbons (Fsp3) is 0.222. The van der Waals surface area contributed by atoms with Crippen molar-refractivity contribution >= 4 is 34.7 Å². The van der Waals surface area contributed by atoms with Crippen molar-refractivity contribution in [3.8, 4) is 23.0 Å². The Bertz CT molecular complexity index is 1780. The molecule has 4 aromatic carbocycles. The van der Waals surface area contributed by atoms with Crippen molar-refractivity contribution < 1.29 is 28.5 Å². The number of nitrogens with one attached hydrogen (secondary N) is 1. The van der Waals surface area contributed by atoms with Crippen LogP contribution in [0.1, 0.15) is 46.3 Å². The van der Waals surface area contributed by atoms with E-state index in [4.69, 9.17) is 30.5 Å². The molecule has 8 nitrogen and oxygen atoms in total. The van der Waals surface area contributed by atoms with E-state index in [1.807, 2.05) is 66.7 Å². The fourth-order valence-corrected chi connectivity index (χ4v) is 6.50. The lowest BCUT2D eigenvalue weighted by atomic mass is 9.78. The maximum atomic E-state index is 14.8. The van der Waals surface area contributed by atoms with E-state index in [1.54, 1.807) is 30.2 Å². The number of carbonyl (C=O) groups excluding carboxylic acids is 2. The van der Waals surface area contributed by atoms with Crippen LogP contribution in [0.5, 0.6) is 23.0 Å². The number of carbonyl (C=O) groups is 2. The number of benzene rings is 4. The Morgan fingerprint density at radius 1 is 0.822 bits per heavy atom. The van der Waals surface area contributed by atoms with Gasteiger partial charge < -0.3 is 24.3 Å². The van der Waals surface area contributed by atoms with Crippen LogP contribution < -0.4 is 29.2 Å². The van der Waals surface area contributed by atoms with E-state index in [0.717, 1.165) is 17.0 Å². The number of para-hydroxylation sites is 2. The second-order valence-corrected chi connectivity index (χ2v) is 11.3. The van der Waals surface area contributed by atoms with Crippen LogP contribution in [-0.2, 0) is 4.79 Å². The topological polar surface area (TPSA) is 86.3 Å². The largest absolute Gasteiger partial charge is 0.497 e. The second kappa shape index (κ2) is 12.6. The van der Waals surface area contributed by atoms with Gasteiger partial charge in [-0.25, -0.2) is 0 Å². The van der Waals surface area contributed by atoms with Crippen LogP contribution >= 0.6 is 11.6 Å². The predicted octanol–water partition coefficient (Wildman–Crippen LogP) is 7.59. The highest BCUT2D eigenvalue weighted by atomic mass is 35.5. The summed E-state index contributed by atoms with van der Waals surface area (Å²) < 4.78 is 22.0. The van der Waals surface area contributed by atoms with Gasteiger partial charge in [-0.2, -0.15) is 0 Å². The minimum Gasteiger partial charge on any atom is -0.497 e. The molecule has 0 bridgehead atoms. The van der Waals surface area contributed by atoms with Gasteiger partial charge in [0.2, 0.25) is 5.75 Å². The zero-order valence-electron chi connectivity index (χ0n) is 25.4. The Balaban J connectivity index is 1.56. The molecule has 0 unspecified atom stereocenters. The lowest BCUT2D eigenvalue weighted by Crippen LogP contribution is -2.38. The summed E-state index contributed by atoms with van der Waals surface area (Å²) in [5.41, 5.74) is 4.53. The minimum atomic E-state index is -0.819. The molecule has 0 saturated heterocycles. The van der Waals surface area contributed by atoms with E-state index in [-0.39, 0.29) is 24.0 Å². The molecular weight excluding hydrogens is 592 g/mol.